The van der Waals surface area contributed by atoms with Crippen molar-refractivity contribution in [1.29, 1.82) is 0 Å². The summed E-state index contributed by atoms with van der Waals surface area (Å²) in [4.78, 5) is 14.7. The lowest BCUT2D eigenvalue weighted by Gasteiger charge is -2.33. The fourth-order valence-electron chi connectivity index (χ4n) is 3.55. The Labute approximate surface area is 117 Å². The van der Waals surface area contributed by atoms with Gasteiger partial charge in [-0.05, 0) is 44.7 Å². The van der Waals surface area contributed by atoms with Crippen LogP contribution in [0.25, 0.3) is 0 Å². The molecule has 1 heterocycles. The van der Waals surface area contributed by atoms with E-state index in [2.05, 4.69) is 17.1 Å². The van der Waals surface area contributed by atoms with Gasteiger partial charge in [-0.1, -0.05) is 19.8 Å². The molecule has 4 heteroatoms. The molecule has 2 aliphatic rings. The second kappa shape index (κ2) is 7.25. The number of piperidine rings is 1. The van der Waals surface area contributed by atoms with E-state index in [0.29, 0.717) is 5.92 Å². The highest BCUT2D eigenvalue weighted by molar-refractivity contribution is 5.79. The first-order valence-electron chi connectivity index (χ1n) is 7.94. The van der Waals surface area contributed by atoms with Gasteiger partial charge in [-0.15, -0.1) is 0 Å². The van der Waals surface area contributed by atoms with Crippen molar-refractivity contribution in [3.05, 3.63) is 0 Å². The summed E-state index contributed by atoms with van der Waals surface area (Å²) in [7, 11) is 0. The number of hydrogen-bond donors (Lipinski definition) is 2. The number of carbonyl (C=O) groups is 1. The van der Waals surface area contributed by atoms with E-state index >= 15 is 0 Å². The van der Waals surface area contributed by atoms with Gasteiger partial charge < -0.3 is 16.0 Å². The zero-order valence-electron chi connectivity index (χ0n) is 12.2. The molecule has 1 aliphatic carbocycles. The molecule has 3 atom stereocenters. The van der Waals surface area contributed by atoms with E-state index in [0.717, 1.165) is 25.9 Å². The predicted octanol–water partition coefficient (Wildman–Crippen LogP) is 1.35. The number of amides is 1. The standard InChI is InChI=1S/C15H29N3O/c1-12-6-5-7-13(16)14(12)15(19)17-8-11-18-9-3-2-4-10-18/h12-14H,2-11,16H2,1H3,(H,17,19). The maximum absolute atomic E-state index is 12.3. The highest BCUT2D eigenvalue weighted by Gasteiger charge is 2.33. The molecule has 19 heavy (non-hydrogen) atoms. The minimum absolute atomic E-state index is 0.0232. The van der Waals surface area contributed by atoms with E-state index in [9.17, 15) is 4.79 Å². The van der Waals surface area contributed by atoms with Gasteiger partial charge in [0.2, 0.25) is 5.91 Å². The molecule has 1 saturated carbocycles. The van der Waals surface area contributed by atoms with Crippen LogP contribution in [-0.4, -0.2) is 43.0 Å². The van der Waals surface area contributed by atoms with Crippen molar-refractivity contribution in [1.82, 2.24) is 10.2 Å². The maximum Gasteiger partial charge on any atom is 0.224 e. The van der Waals surface area contributed by atoms with Crippen molar-refractivity contribution in [2.75, 3.05) is 26.2 Å². The van der Waals surface area contributed by atoms with Crippen LogP contribution in [0.15, 0.2) is 0 Å². The van der Waals surface area contributed by atoms with Gasteiger partial charge in [-0.2, -0.15) is 0 Å². The number of rotatable bonds is 4. The smallest absolute Gasteiger partial charge is 0.224 e. The third-order valence-electron chi connectivity index (χ3n) is 4.75. The Kier molecular flexibility index (Phi) is 5.64. The lowest BCUT2D eigenvalue weighted by Crippen LogP contribution is -2.48. The van der Waals surface area contributed by atoms with Gasteiger partial charge >= 0.3 is 0 Å². The van der Waals surface area contributed by atoms with Gasteiger partial charge in [0, 0.05) is 19.1 Å². The van der Waals surface area contributed by atoms with Gasteiger partial charge in [0.1, 0.15) is 0 Å². The first-order valence-corrected chi connectivity index (χ1v) is 7.94. The molecule has 0 spiro atoms. The van der Waals surface area contributed by atoms with Gasteiger partial charge in [0.25, 0.3) is 0 Å². The molecule has 2 rings (SSSR count). The van der Waals surface area contributed by atoms with Gasteiger partial charge in [-0.3, -0.25) is 4.79 Å². The Balaban J connectivity index is 1.70. The molecular weight excluding hydrogens is 238 g/mol. The van der Waals surface area contributed by atoms with Gasteiger partial charge in [0.05, 0.1) is 5.92 Å². The number of carbonyl (C=O) groups excluding carboxylic acids is 1. The van der Waals surface area contributed by atoms with Crippen LogP contribution >= 0.6 is 0 Å². The Morgan fingerprint density at radius 1 is 1.21 bits per heavy atom. The van der Waals surface area contributed by atoms with Gasteiger partial charge in [0.15, 0.2) is 0 Å². The van der Waals surface area contributed by atoms with Crippen molar-refractivity contribution < 1.29 is 4.79 Å². The Bertz CT molecular complexity index is 279. The van der Waals surface area contributed by atoms with E-state index in [-0.39, 0.29) is 17.9 Å². The maximum atomic E-state index is 12.3. The molecule has 1 aliphatic heterocycles. The molecule has 3 N–H and O–H groups in total. The van der Waals surface area contributed by atoms with E-state index in [4.69, 9.17) is 5.73 Å². The number of likely N-dealkylation sites (tertiary alicyclic amines) is 1. The van der Waals surface area contributed by atoms with Crippen molar-refractivity contribution in [3.63, 3.8) is 0 Å². The first-order chi connectivity index (χ1) is 9.18. The summed E-state index contributed by atoms with van der Waals surface area (Å²) in [6, 6.07) is 0.0544. The van der Waals surface area contributed by atoms with Crippen LogP contribution in [0.5, 0.6) is 0 Å². The Morgan fingerprint density at radius 3 is 2.63 bits per heavy atom. The molecule has 4 nitrogen and oxygen atoms in total. The third kappa shape index (κ3) is 4.18. The molecule has 1 amide bonds. The minimum Gasteiger partial charge on any atom is -0.355 e. The monoisotopic (exact) mass is 267 g/mol. The highest BCUT2D eigenvalue weighted by atomic mass is 16.1. The summed E-state index contributed by atoms with van der Waals surface area (Å²) in [5.74, 6) is 0.630. The van der Waals surface area contributed by atoms with Gasteiger partial charge in [-0.25, -0.2) is 0 Å². The Morgan fingerprint density at radius 2 is 1.95 bits per heavy atom. The summed E-state index contributed by atoms with van der Waals surface area (Å²) >= 11 is 0. The van der Waals surface area contributed by atoms with Crippen LogP contribution in [0.2, 0.25) is 0 Å². The lowest BCUT2D eigenvalue weighted by molar-refractivity contribution is -0.128. The molecule has 3 unspecified atom stereocenters. The highest BCUT2D eigenvalue weighted by Crippen LogP contribution is 2.28. The molecule has 0 radical (unpaired) electrons. The summed E-state index contributed by atoms with van der Waals surface area (Å²) in [5.41, 5.74) is 6.11. The molecule has 2 fully saturated rings. The largest absolute Gasteiger partial charge is 0.355 e. The molecule has 0 bridgehead atoms. The number of nitrogens with two attached hydrogens (primary N) is 1. The zero-order chi connectivity index (χ0) is 13.7. The topological polar surface area (TPSA) is 58.4 Å². The molecule has 0 aromatic heterocycles. The summed E-state index contributed by atoms with van der Waals surface area (Å²) in [6.07, 6.45) is 7.26. The fourth-order valence-corrected chi connectivity index (χ4v) is 3.55. The molecule has 110 valence electrons. The summed E-state index contributed by atoms with van der Waals surface area (Å²) < 4.78 is 0. The van der Waals surface area contributed by atoms with Crippen LogP contribution in [0.3, 0.4) is 0 Å². The van der Waals surface area contributed by atoms with E-state index in [1.54, 1.807) is 0 Å². The quantitative estimate of drug-likeness (QED) is 0.808. The summed E-state index contributed by atoms with van der Waals surface area (Å²) in [6.45, 7) is 6.30. The zero-order valence-corrected chi connectivity index (χ0v) is 12.2. The van der Waals surface area contributed by atoms with E-state index < -0.39 is 0 Å². The second-order valence-electron chi connectivity index (χ2n) is 6.29. The normalized spacial score (nSPS) is 33.1. The third-order valence-corrected chi connectivity index (χ3v) is 4.75. The molecule has 0 aromatic rings. The van der Waals surface area contributed by atoms with Crippen molar-refractivity contribution >= 4 is 5.91 Å². The number of nitrogens with zero attached hydrogens (tertiary/aromatic N) is 1. The molecular formula is C15H29N3O. The average molecular weight is 267 g/mol. The van der Waals surface area contributed by atoms with Crippen molar-refractivity contribution in [3.8, 4) is 0 Å². The molecule has 0 aromatic carbocycles. The minimum atomic E-state index is 0.0232. The van der Waals surface area contributed by atoms with Crippen LogP contribution in [0.4, 0.5) is 0 Å². The molecule has 1 saturated heterocycles. The average Bonchev–Trinajstić information content (AvgIpc) is 2.40. The first kappa shape index (κ1) is 14.8. The Hall–Kier alpha value is -0.610. The van der Waals surface area contributed by atoms with Crippen LogP contribution in [0.1, 0.15) is 45.4 Å². The van der Waals surface area contributed by atoms with Crippen molar-refractivity contribution in [2.45, 2.75) is 51.5 Å². The van der Waals surface area contributed by atoms with E-state index in [1.807, 2.05) is 0 Å². The number of nitrogens with one attached hydrogen (secondary N) is 1. The number of hydrogen-bond acceptors (Lipinski definition) is 3. The van der Waals surface area contributed by atoms with Crippen LogP contribution in [0, 0.1) is 11.8 Å². The van der Waals surface area contributed by atoms with Crippen molar-refractivity contribution in [2.24, 2.45) is 17.6 Å². The fraction of sp³-hybridized carbons (Fsp3) is 0.933. The lowest BCUT2D eigenvalue weighted by atomic mass is 9.76. The summed E-state index contributed by atoms with van der Waals surface area (Å²) in [5, 5.41) is 3.10. The van der Waals surface area contributed by atoms with E-state index in [1.165, 1.54) is 38.8 Å². The van der Waals surface area contributed by atoms with Crippen LogP contribution in [-0.2, 0) is 4.79 Å². The predicted molar refractivity (Wildman–Crippen MR) is 77.8 cm³/mol. The SMILES string of the molecule is CC1CCCC(N)C1C(=O)NCCN1CCCCC1. The second-order valence-corrected chi connectivity index (χ2v) is 6.29. The van der Waals surface area contributed by atoms with Crippen LogP contribution < -0.4 is 11.1 Å².